The minimum Gasteiger partial charge on any atom is -0.375 e. The number of hydrogen-bond acceptors (Lipinski definition) is 3. The Balaban J connectivity index is 2.69. The summed E-state index contributed by atoms with van der Waals surface area (Å²) in [5.74, 6) is 0.128. The van der Waals surface area contributed by atoms with Crippen LogP contribution in [0.4, 0.5) is 10.1 Å². The number of carbonyl (C=O) groups excluding carboxylic acids is 1. The summed E-state index contributed by atoms with van der Waals surface area (Å²) < 4.78 is 14.0. The fourth-order valence-electron chi connectivity index (χ4n) is 2.15. The maximum Gasteiger partial charge on any atom is 0.239 e. The lowest BCUT2D eigenvalue weighted by Crippen LogP contribution is -2.48. The number of amides is 1. The number of nitrogens with zero attached hydrogens (tertiary/aromatic N) is 2. The number of benzene rings is 1. The molecule has 3 N–H and O–H groups in total. The predicted octanol–water partition coefficient (Wildman–Crippen LogP) is 1.86. The zero-order valence-corrected chi connectivity index (χ0v) is 16.0. The fraction of sp³-hybridized carbons (Fsp3) is 0.556. The summed E-state index contributed by atoms with van der Waals surface area (Å²) in [5, 5.41) is 8.93. The highest BCUT2D eigenvalue weighted by Crippen LogP contribution is 2.18. The van der Waals surface area contributed by atoms with Gasteiger partial charge in [0.2, 0.25) is 5.91 Å². The minimum atomic E-state index is -0.278. The Bertz CT molecular complexity index is 608. The van der Waals surface area contributed by atoms with Crippen LogP contribution in [0.1, 0.15) is 33.3 Å². The molecule has 0 saturated heterocycles. The van der Waals surface area contributed by atoms with E-state index in [1.54, 1.807) is 25.1 Å². The monoisotopic (exact) mass is 351 g/mol. The third-order valence-corrected chi connectivity index (χ3v) is 3.19. The zero-order chi connectivity index (χ0) is 19.0. The first kappa shape index (κ1) is 20.7. The Morgan fingerprint density at radius 3 is 2.44 bits per heavy atom. The predicted molar refractivity (Wildman–Crippen MR) is 101 cm³/mol. The molecule has 140 valence electrons. The van der Waals surface area contributed by atoms with Crippen LogP contribution in [-0.2, 0) is 11.3 Å². The third kappa shape index (κ3) is 7.87. The fourth-order valence-corrected chi connectivity index (χ4v) is 2.15. The molecule has 0 radical (unpaired) electrons. The Morgan fingerprint density at radius 1 is 1.24 bits per heavy atom. The normalized spacial score (nSPS) is 11.9. The molecule has 0 heterocycles. The third-order valence-electron chi connectivity index (χ3n) is 3.19. The molecule has 1 rings (SSSR count). The van der Waals surface area contributed by atoms with E-state index < -0.39 is 0 Å². The van der Waals surface area contributed by atoms with E-state index in [4.69, 9.17) is 0 Å². The number of aliphatic imine (C=N–C) groups is 1. The molecule has 0 spiro atoms. The van der Waals surface area contributed by atoms with E-state index in [1.165, 1.54) is 6.07 Å². The molecule has 0 aliphatic rings. The summed E-state index contributed by atoms with van der Waals surface area (Å²) in [7, 11) is 3.60. The Hall–Kier alpha value is -2.31. The van der Waals surface area contributed by atoms with E-state index in [1.807, 2.05) is 33.8 Å². The molecule has 0 saturated carbocycles. The van der Waals surface area contributed by atoms with Crippen molar-refractivity contribution in [1.29, 1.82) is 0 Å². The van der Waals surface area contributed by atoms with Crippen LogP contribution >= 0.6 is 0 Å². The first-order chi connectivity index (χ1) is 11.6. The molecule has 6 nitrogen and oxygen atoms in total. The van der Waals surface area contributed by atoms with Crippen molar-refractivity contribution >= 4 is 17.6 Å². The van der Waals surface area contributed by atoms with Crippen LogP contribution < -0.4 is 20.9 Å². The Kier molecular flexibility index (Phi) is 7.67. The average Bonchev–Trinajstić information content (AvgIpc) is 2.48. The number of nitrogens with one attached hydrogen (secondary N) is 3. The molecule has 0 aliphatic carbocycles. The Morgan fingerprint density at radius 2 is 1.92 bits per heavy atom. The number of guanidine groups is 1. The van der Waals surface area contributed by atoms with Crippen molar-refractivity contribution in [2.45, 2.75) is 39.8 Å². The number of hydrogen-bond donors (Lipinski definition) is 3. The highest BCUT2D eigenvalue weighted by atomic mass is 19.1. The summed E-state index contributed by atoms with van der Waals surface area (Å²) >= 11 is 0. The lowest BCUT2D eigenvalue weighted by molar-refractivity contribution is -0.121. The van der Waals surface area contributed by atoms with Crippen LogP contribution in [0.15, 0.2) is 23.2 Å². The molecule has 25 heavy (non-hydrogen) atoms. The van der Waals surface area contributed by atoms with Gasteiger partial charge in [0, 0.05) is 26.2 Å². The van der Waals surface area contributed by atoms with Crippen LogP contribution in [-0.4, -0.2) is 44.6 Å². The largest absolute Gasteiger partial charge is 0.375 e. The molecular formula is C18H30FN5O. The van der Waals surface area contributed by atoms with Crippen LogP contribution in [0.5, 0.6) is 0 Å². The first-order valence-corrected chi connectivity index (χ1v) is 8.41. The van der Waals surface area contributed by atoms with Gasteiger partial charge in [-0.15, -0.1) is 0 Å². The number of anilines is 1. The molecule has 1 amide bonds. The van der Waals surface area contributed by atoms with Gasteiger partial charge in [-0.05, 0) is 45.4 Å². The van der Waals surface area contributed by atoms with Crippen molar-refractivity contribution in [1.82, 2.24) is 16.0 Å². The second-order valence-corrected chi connectivity index (χ2v) is 7.03. The quantitative estimate of drug-likeness (QED) is 0.541. The van der Waals surface area contributed by atoms with E-state index in [0.29, 0.717) is 24.7 Å². The van der Waals surface area contributed by atoms with Crippen molar-refractivity contribution in [2.75, 3.05) is 32.1 Å². The van der Waals surface area contributed by atoms with Gasteiger partial charge in [0.05, 0.1) is 18.8 Å². The number of halogens is 1. The van der Waals surface area contributed by atoms with E-state index >= 15 is 0 Å². The average molecular weight is 351 g/mol. The highest BCUT2D eigenvalue weighted by Gasteiger charge is 2.13. The molecular weight excluding hydrogens is 321 g/mol. The molecule has 0 atom stereocenters. The van der Waals surface area contributed by atoms with Gasteiger partial charge in [-0.1, -0.05) is 6.07 Å². The molecule has 0 bridgehead atoms. The van der Waals surface area contributed by atoms with E-state index in [2.05, 4.69) is 20.9 Å². The lowest BCUT2D eigenvalue weighted by Gasteiger charge is -2.21. The van der Waals surface area contributed by atoms with Crippen molar-refractivity contribution in [2.24, 2.45) is 4.99 Å². The summed E-state index contributed by atoms with van der Waals surface area (Å²) in [6.45, 7) is 8.83. The van der Waals surface area contributed by atoms with Crippen LogP contribution in [0.2, 0.25) is 0 Å². The molecule has 0 unspecified atom stereocenters. The smallest absolute Gasteiger partial charge is 0.239 e. The van der Waals surface area contributed by atoms with Gasteiger partial charge in [-0.3, -0.25) is 4.79 Å². The SMILES string of the molecule is CCNC(=NCc1ccc(N(C)C)c(F)c1)NCC(=O)NC(C)(C)C. The molecule has 1 aromatic rings. The minimum absolute atomic E-state index is 0.112. The molecule has 1 aromatic carbocycles. The van der Waals surface area contributed by atoms with Gasteiger partial charge in [0.15, 0.2) is 5.96 Å². The zero-order valence-electron chi connectivity index (χ0n) is 16.0. The van der Waals surface area contributed by atoms with Crippen molar-refractivity contribution in [3.05, 3.63) is 29.6 Å². The molecule has 7 heteroatoms. The molecule has 0 aromatic heterocycles. The van der Waals surface area contributed by atoms with Gasteiger partial charge in [-0.2, -0.15) is 0 Å². The standard InChI is InChI=1S/C18H30FN5O/c1-7-20-17(22-12-16(25)23-18(2,3)4)21-11-13-8-9-15(24(5)6)14(19)10-13/h8-10H,7,11-12H2,1-6H3,(H,23,25)(H2,20,21,22). The van der Waals surface area contributed by atoms with Crippen LogP contribution in [0, 0.1) is 5.82 Å². The van der Waals surface area contributed by atoms with E-state index in [0.717, 1.165) is 5.56 Å². The number of rotatable bonds is 6. The highest BCUT2D eigenvalue weighted by molar-refractivity contribution is 5.86. The second-order valence-electron chi connectivity index (χ2n) is 7.03. The number of carbonyl (C=O) groups is 1. The van der Waals surface area contributed by atoms with Gasteiger partial charge in [0.25, 0.3) is 0 Å². The van der Waals surface area contributed by atoms with Crippen LogP contribution in [0.25, 0.3) is 0 Å². The maximum absolute atomic E-state index is 14.0. The summed E-state index contributed by atoms with van der Waals surface area (Å²) in [6, 6.07) is 5.06. The van der Waals surface area contributed by atoms with Gasteiger partial charge in [0.1, 0.15) is 5.82 Å². The summed E-state index contributed by atoms with van der Waals surface area (Å²) in [6.07, 6.45) is 0. The molecule has 0 fully saturated rings. The first-order valence-electron chi connectivity index (χ1n) is 8.41. The summed E-state index contributed by atoms with van der Waals surface area (Å²) in [4.78, 5) is 18.0. The van der Waals surface area contributed by atoms with E-state index in [-0.39, 0.29) is 23.8 Å². The maximum atomic E-state index is 14.0. The van der Waals surface area contributed by atoms with Crippen molar-refractivity contribution in [3.63, 3.8) is 0 Å². The topological polar surface area (TPSA) is 68.8 Å². The lowest BCUT2D eigenvalue weighted by atomic mass is 10.1. The summed E-state index contributed by atoms with van der Waals surface area (Å²) in [5.41, 5.74) is 1.02. The van der Waals surface area contributed by atoms with Crippen LogP contribution in [0.3, 0.4) is 0 Å². The second kappa shape index (κ2) is 9.25. The van der Waals surface area contributed by atoms with E-state index in [9.17, 15) is 9.18 Å². The van der Waals surface area contributed by atoms with Gasteiger partial charge in [-0.25, -0.2) is 9.38 Å². The van der Waals surface area contributed by atoms with Crippen molar-refractivity contribution in [3.8, 4) is 0 Å². The molecule has 0 aliphatic heterocycles. The van der Waals surface area contributed by atoms with Crippen molar-refractivity contribution < 1.29 is 9.18 Å². The van der Waals surface area contributed by atoms with Gasteiger partial charge >= 0.3 is 0 Å². The van der Waals surface area contributed by atoms with Gasteiger partial charge < -0.3 is 20.9 Å². The Labute approximate surface area is 149 Å².